The van der Waals surface area contributed by atoms with E-state index < -0.39 is 28.2 Å². The van der Waals surface area contributed by atoms with Crippen molar-refractivity contribution in [2.75, 3.05) is 26.3 Å². The van der Waals surface area contributed by atoms with Gasteiger partial charge in [0.25, 0.3) is 0 Å². The third kappa shape index (κ3) is 8.03. The lowest BCUT2D eigenvalue weighted by molar-refractivity contribution is 0.0797. The molecule has 9 heteroatoms. The molecule has 35 heavy (non-hydrogen) atoms. The summed E-state index contributed by atoms with van der Waals surface area (Å²) in [5.74, 6) is 0.0929. The molecular weight excluding hydrogens is 466 g/mol. The van der Waals surface area contributed by atoms with Gasteiger partial charge in [-0.1, -0.05) is 61.9 Å². The lowest BCUT2D eigenvalue weighted by atomic mass is 9.99. The predicted molar refractivity (Wildman–Crippen MR) is 136 cm³/mol. The highest BCUT2D eigenvalue weighted by Gasteiger charge is 2.31. The van der Waals surface area contributed by atoms with E-state index in [-0.39, 0.29) is 23.5 Å². The van der Waals surface area contributed by atoms with Crippen molar-refractivity contribution < 1.29 is 22.7 Å². The van der Waals surface area contributed by atoms with Gasteiger partial charge in [0.2, 0.25) is 10.0 Å². The topological polar surface area (TPSA) is 111 Å². The number of carbonyl (C=O) groups excluding carboxylic acids is 1. The molecule has 1 aliphatic heterocycles. The number of hydrogen-bond donors (Lipinski definition) is 2. The lowest BCUT2D eigenvalue weighted by Gasteiger charge is -2.31. The van der Waals surface area contributed by atoms with Crippen molar-refractivity contribution in [1.82, 2.24) is 9.62 Å². The Hall–Kier alpha value is -2.46. The zero-order valence-electron chi connectivity index (χ0n) is 20.7. The normalized spacial score (nSPS) is 17.9. The van der Waals surface area contributed by atoms with E-state index >= 15 is 0 Å². The van der Waals surface area contributed by atoms with Crippen LogP contribution in [0.5, 0.6) is 0 Å². The number of aryl methyl sites for hydroxylation is 1. The van der Waals surface area contributed by atoms with Crippen molar-refractivity contribution in [3.05, 3.63) is 65.7 Å². The lowest BCUT2D eigenvalue weighted by Crippen LogP contribution is -2.55. The molecule has 1 fully saturated rings. The summed E-state index contributed by atoms with van der Waals surface area (Å²) in [4.78, 5) is 12.9. The first-order valence-corrected chi connectivity index (χ1v) is 13.5. The van der Waals surface area contributed by atoms with Gasteiger partial charge in [-0.25, -0.2) is 13.2 Å². The minimum absolute atomic E-state index is 0.0543. The number of amides is 1. The third-order valence-electron chi connectivity index (χ3n) is 5.92. The highest BCUT2D eigenvalue weighted by molar-refractivity contribution is 7.89. The number of alkyl carbamates (subject to hydrolysis) is 1. The summed E-state index contributed by atoms with van der Waals surface area (Å²) < 4.78 is 39.2. The van der Waals surface area contributed by atoms with Gasteiger partial charge < -0.3 is 20.5 Å². The molecule has 192 valence electrons. The van der Waals surface area contributed by atoms with Crippen LogP contribution >= 0.6 is 0 Å². The maximum atomic E-state index is 13.5. The first-order chi connectivity index (χ1) is 16.6. The molecule has 0 aromatic heterocycles. The van der Waals surface area contributed by atoms with Gasteiger partial charge in [-0.05, 0) is 37.0 Å². The zero-order chi connectivity index (χ0) is 25.4. The number of rotatable bonds is 11. The smallest absolute Gasteiger partial charge is 0.407 e. The molecule has 0 spiro atoms. The largest absolute Gasteiger partial charge is 0.444 e. The monoisotopic (exact) mass is 503 g/mol. The molecule has 0 saturated carbocycles. The van der Waals surface area contributed by atoms with Crippen LogP contribution in [0.4, 0.5) is 4.79 Å². The molecule has 0 bridgehead atoms. The summed E-state index contributed by atoms with van der Waals surface area (Å²) in [5, 5.41) is 2.89. The molecule has 0 aliphatic carbocycles. The minimum atomic E-state index is -3.77. The number of ether oxygens (including phenoxy) is 2. The van der Waals surface area contributed by atoms with Crippen molar-refractivity contribution in [3.8, 4) is 0 Å². The zero-order valence-corrected chi connectivity index (χ0v) is 21.5. The second kappa shape index (κ2) is 12.5. The molecule has 0 radical (unpaired) electrons. The van der Waals surface area contributed by atoms with E-state index in [2.05, 4.69) is 5.32 Å². The van der Waals surface area contributed by atoms with E-state index in [1.54, 1.807) is 24.3 Å². The first kappa shape index (κ1) is 27.1. The van der Waals surface area contributed by atoms with Crippen LogP contribution in [0.15, 0.2) is 59.5 Å². The van der Waals surface area contributed by atoms with Crippen LogP contribution in [0.3, 0.4) is 0 Å². The van der Waals surface area contributed by atoms with Gasteiger partial charge in [-0.3, -0.25) is 0 Å². The SMILES string of the molecule is Cc1ccc(S(=O)(=O)N(CC(C)C)C[C@@H](N)[C@H](Cc2ccccc2)NC(=O)OC2CCOC2)cc1. The third-order valence-corrected chi connectivity index (χ3v) is 7.77. The van der Waals surface area contributed by atoms with Gasteiger partial charge in [0.05, 0.1) is 24.2 Å². The van der Waals surface area contributed by atoms with Gasteiger partial charge in [0.15, 0.2) is 0 Å². The highest BCUT2D eigenvalue weighted by atomic mass is 32.2. The molecule has 3 atom stereocenters. The van der Waals surface area contributed by atoms with Crippen LogP contribution in [0.2, 0.25) is 0 Å². The molecular formula is C26H37N3O5S. The van der Waals surface area contributed by atoms with E-state index in [0.717, 1.165) is 11.1 Å². The van der Waals surface area contributed by atoms with E-state index in [0.29, 0.717) is 32.6 Å². The van der Waals surface area contributed by atoms with Crippen LogP contribution in [0.25, 0.3) is 0 Å². The summed E-state index contributed by atoms with van der Waals surface area (Å²) in [5.41, 5.74) is 8.56. The molecule has 1 saturated heterocycles. The molecule has 3 rings (SSSR count). The first-order valence-electron chi connectivity index (χ1n) is 12.1. The molecule has 3 N–H and O–H groups in total. The number of sulfonamides is 1. The van der Waals surface area contributed by atoms with Crippen molar-refractivity contribution >= 4 is 16.1 Å². The van der Waals surface area contributed by atoms with Crippen molar-refractivity contribution in [2.24, 2.45) is 11.7 Å². The Kier molecular flexibility index (Phi) is 9.68. The second-order valence-corrected chi connectivity index (χ2v) is 11.5. The maximum Gasteiger partial charge on any atom is 0.407 e. The Balaban J connectivity index is 1.80. The van der Waals surface area contributed by atoms with Crippen LogP contribution in [0.1, 0.15) is 31.4 Å². The van der Waals surface area contributed by atoms with Gasteiger partial charge in [-0.2, -0.15) is 4.31 Å². The molecule has 2 aromatic carbocycles. The molecule has 1 heterocycles. The molecule has 1 unspecified atom stereocenters. The average molecular weight is 504 g/mol. The number of carbonyl (C=O) groups is 1. The molecule has 1 aliphatic rings. The Morgan fingerprint density at radius 3 is 2.43 bits per heavy atom. The van der Waals surface area contributed by atoms with Crippen molar-refractivity contribution in [2.45, 2.75) is 56.7 Å². The van der Waals surface area contributed by atoms with Gasteiger partial charge in [0, 0.05) is 25.6 Å². The van der Waals surface area contributed by atoms with Crippen LogP contribution < -0.4 is 11.1 Å². The van der Waals surface area contributed by atoms with Gasteiger partial charge in [-0.15, -0.1) is 0 Å². The average Bonchev–Trinajstić information content (AvgIpc) is 3.31. The predicted octanol–water partition coefficient (Wildman–Crippen LogP) is 3.10. The molecule has 8 nitrogen and oxygen atoms in total. The number of hydrogen-bond acceptors (Lipinski definition) is 6. The van der Waals surface area contributed by atoms with Gasteiger partial charge in [0.1, 0.15) is 6.10 Å². The summed E-state index contributed by atoms with van der Waals surface area (Å²) in [7, 11) is -3.77. The fraction of sp³-hybridized carbons (Fsp3) is 0.500. The number of nitrogens with one attached hydrogen (secondary N) is 1. The summed E-state index contributed by atoms with van der Waals surface area (Å²) in [6, 6.07) is 15.2. The summed E-state index contributed by atoms with van der Waals surface area (Å²) >= 11 is 0. The summed E-state index contributed by atoms with van der Waals surface area (Å²) in [6.07, 6.45) is 0.231. The van der Waals surface area contributed by atoms with E-state index in [4.69, 9.17) is 15.2 Å². The Morgan fingerprint density at radius 2 is 1.83 bits per heavy atom. The Morgan fingerprint density at radius 1 is 1.14 bits per heavy atom. The van der Waals surface area contributed by atoms with Gasteiger partial charge >= 0.3 is 6.09 Å². The van der Waals surface area contributed by atoms with Crippen LogP contribution in [-0.4, -0.2) is 63.3 Å². The van der Waals surface area contributed by atoms with E-state index in [1.165, 1.54) is 4.31 Å². The maximum absolute atomic E-state index is 13.5. The Bertz CT molecular complexity index is 1040. The highest BCUT2D eigenvalue weighted by Crippen LogP contribution is 2.19. The quantitative estimate of drug-likeness (QED) is 0.488. The van der Waals surface area contributed by atoms with E-state index in [1.807, 2.05) is 51.1 Å². The van der Waals surface area contributed by atoms with Crippen LogP contribution in [-0.2, 0) is 25.9 Å². The Labute approximate surface area is 208 Å². The fourth-order valence-electron chi connectivity index (χ4n) is 4.02. The number of benzene rings is 2. The van der Waals surface area contributed by atoms with Crippen molar-refractivity contribution in [3.63, 3.8) is 0 Å². The second-order valence-electron chi connectivity index (χ2n) is 9.52. The fourth-order valence-corrected chi connectivity index (χ4v) is 5.66. The number of nitrogens with zero attached hydrogens (tertiary/aromatic N) is 1. The summed E-state index contributed by atoms with van der Waals surface area (Å²) in [6.45, 7) is 7.14. The molecule has 1 amide bonds. The van der Waals surface area contributed by atoms with Crippen molar-refractivity contribution in [1.29, 1.82) is 0 Å². The standard InChI is InChI=1S/C26H37N3O5S/c1-19(2)16-29(35(31,32)23-11-9-20(3)10-12-23)17-24(27)25(15-21-7-5-4-6-8-21)28-26(30)34-22-13-14-33-18-22/h4-12,19,22,24-25H,13-18,27H2,1-3H3,(H,28,30)/t22?,24-,25+/m1/s1. The minimum Gasteiger partial charge on any atom is -0.444 e. The molecule has 2 aromatic rings. The van der Waals surface area contributed by atoms with E-state index in [9.17, 15) is 13.2 Å². The number of nitrogens with two attached hydrogens (primary N) is 1. The van der Waals surface area contributed by atoms with Crippen LogP contribution in [0, 0.1) is 12.8 Å².